The smallest absolute Gasteiger partial charge is 0.309 e. The molecule has 0 aromatic heterocycles. The van der Waals surface area contributed by atoms with Crippen LogP contribution in [-0.4, -0.2) is 17.7 Å². The first-order chi connectivity index (χ1) is 8.70. The summed E-state index contributed by atoms with van der Waals surface area (Å²) in [4.78, 5) is 11.3. The SMILES string of the molecule is O=C(O)C1(CCc2ccc3c(c2)CCO3)CCC1. The van der Waals surface area contributed by atoms with Crippen LogP contribution in [0.5, 0.6) is 5.75 Å². The number of benzene rings is 1. The van der Waals surface area contributed by atoms with Crippen LogP contribution in [0, 0.1) is 5.41 Å². The molecule has 1 heterocycles. The van der Waals surface area contributed by atoms with Gasteiger partial charge in [0.1, 0.15) is 5.75 Å². The molecule has 18 heavy (non-hydrogen) atoms. The highest BCUT2D eigenvalue weighted by Gasteiger charge is 2.43. The zero-order valence-electron chi connectivity index (χ0n) is 10.4. The number of fused-ring (bicyclic) bond motifs is 1. The number of ether oxygens (including phenoxy) is 1. The van der Waals surface area contributed by atoms with E-state index in [4.69, 9.17) is 4.74 Å². The van der Waals surface area contributed by atoms with E-state index in [-0.39, 0.29) is 0 Å². The van der Waals surface area contributed by atoms with Crippen molar-refractivity contribution < 1.29 is 14.6 Å². The Morgan fingerprint density at radius 2 is 2.22 bits per heavy atom. The standard InChI is InChI=1S/C15H18O3/c16-14(17)15(6-1-7-15)8-4-11-2-3-13-12(10-11)5-9-18-13/h2-3,10H,1,4-9H2,(H,16,17). The van der Waals surface area contributed by atoms with Crippen LogP contribution in [0.2, 0.25) is 0 Å². The van der Waals surface area contributed by atoms with Gasteiger partial charge in [-0.3, -0.25) is 4.79 Å². The Kier molecular flexibility index (Phi) is 2.77. The van der Waals surface area contributed by atoms with E-state index in [2.05, 4.69) is 12.1 Å². The molecule has 3 nitrogen and oxygen atoms in total. The van der Waals surface area contributed by atoms with Gasteiger partial charge >= 0.3 is 5.97 Å². The lowest BCUT2D eigenvalue weighted by Gasteiger charge is -2.37. The molecule has 1 aromatic rings. The average molecular weight is 246 g/mol. The molecule has 1 aliphatic carbocycles. The molecule has 3 rings (SSSR count). The van der Waals surface area contributed by atoms with Gasteiger partial charge in [-0.1, -0.05) is 18.6 Å². The second-order valence-electron chi connectivity index (χ2n) is 5.48. The largest absolute Gasteiger partial charge is 0.493 e. The third-order valence-corrected chi connectivity index (χ3v) is 4.41. The van der Waals surface area contributed by atoms with E-state index in [1.807, 2.05) is 6.07 Å². The Morgan fingerprint density at radius 1 is 1.39 bits per heavy atom. The maximum Gasteiger partial charge on any atom is 0.309 e. The van der Waals surface area contributed by atoms with Crippen molar-refractivity contribution in [1.82, 2.24) is 0 Å². The van der Waals surface area contributed by atoms with E-state index in [0.717, 1.165) is 50.9 Å². The molecule has 0 amide bonds. The quantitative estimate of drug-likeness (QED) is 0.888. The number of hydrogen-bond acceptors (Lipinski definition) is 2. The Labute approximate surface area is 107 Å². The molecule has 0 atom stereocenters. The van der Waals surface area contributed by atoms with Gasteiger partial charge in [-0.15, -0.1) is 0 Å². The fourth-order valence-corrected chi connectivity index (χ4v) is 2.95. The molecule has 1 aromatic carbocycles. The molecule has 0 spiro atoms. The van der Waals surface area contributed by atoms with Crippen molar-refractivity contribution in [2.75, 3.05) is 6.61 Å². The summed E-state index contributed by atoms with van der Waals surface area (Å²) in [6.45, 7) is 0.776. The van der Waals surface area contributed by atoms with Crippen molar-refractivity contribution in [3.8, 4) is 5.75 Å². The van der Waals surface area contributed by atoms with Crippen LogP contribution in [-0.2, 0) is 17.6 Å². The Balaban J connectivity index is 1.68. The summed E-state index contributed by atoms with van der Waals surface area (Å²) in [5.41, 5.74) is 2.08. The van der Waals surface area contributed by atoms with Crippen molar-refractivity contribution in [3.05, 3.63) is 29.3 Å². The predicted octanol–water partition coefficient (Wildman–Crippen LogP) is 2.81. The normalized spacial score (nSPS) is 19.8. The minimum Gasteiger partial charge on any atom is -0.493 e. The van der Waals surface area contributed by atoms with Crippen LogP contribution >= 0.6 is 0 Å². The van der Waals surface area contributed by atoms with Gasteiger partial charge in [0.2, 0.25) is 0 Å². The number of carboxylic acids is 1. The zero-order chi connectivity index (χ0) is 12.6. The second kappa shape index (κ2) is 4.30. The third-order valence-electron chi connectivity index (χ3n) is 4.41. The minimum absolute atomic E-state index is 0.435. The van der Waals surface area contributed by atoms with Crippen LogP contribution in [0.3, 0.4) is 0 Å². The molecule has 1 fully saturated rings. The molecule has 1 aliphatic heterocycles. The first-order valence-corrected chi connectivity index (χ1v) is 6.68. The van der Waals surface area contributed by atoms with Gasteiger partial charge in [0.25, 0.3) is 0 Å². The lowest BCUT2D eigenvalue weighted by atomic mass is 9.66. The van der Waals surface area contributed by atoms with E-state index in [1.165, 1.54) is 11.1 Å². The van der Waals surface area contributed by atoms with Crippen molar-refractivity contribution in [1.29, 1.82) is 0 Å². The lowest BCUT2D eigenvalue weighted by Crippen LogP contribution is -2.38. The van der Waals surface area contributed by atoms with Gasteiger partial charge in [0.15, 0.2) is 0 Å². The molecule has 0 unspecified atom stereocenters. The number of aliphatic carboxylic acids is 1. The summed E-state index contributed by atoms with van der Waals surface area (Å²) in [6.07, 6.45) is 5.35. The van der Waals surface area contributed by atoms with Gasteiger partial charge in [-0.25, -0.2) is 0 Å². The molecule has 0 bridgehead atoms. The highest BCUT2D eigenvalue weighted by atomic mass is 16.5. The van der Waals surface area contributed by atoms with Gasteiger partial charge in [-0.05, 0) is 42.9 Å². The number of aryl methyl sites for hydroxylation is 1. The summed E-state index contributed by atoms with van der Waals surface area (Å²) < 4.78 is 5.48. The van der Waals surface area contributed by atoms with E-state index in [9.17, 15) is 9.90 Å². The monoisotopic (exact) mass is 246 g/mol. The number of hydrogen-bond donors (Lipinski definition) is 1. The Morgan fingerprint density at radius 3 is 2.89 bits per heavy atom. The van der Waals surface area contributed by atoms with Gasteiger partial charge in [0, 0.05) is 6.42 Å². The zero-order valence-corrected chi connectivity index (χ0v) is 10.4. The van der Waals surface area contributed by atoms with E-state index in [0.29, 0.717) is 0 Å². The van der Waals surface area contributed by atoms with Crippen LogP contribution in [0.1, 0.15) is 36.8 Å². The first kappa shape index (κ1) is 11.6. The number of rotatable bonds is 4. The summed E-state index contributed by atoms with van der Waals surface area (Å²) in [5, 5.41) is 9.30. The predicted molar refractivity (Wildman–Crippen MR) is 67.9 cm³/mol. The van der Waals surface area contributed by atoms with Crippen molar-refractivity contribution in [3.63, 3.8) is 0 Å². The van der Waals surface area contributed by atoms with Crippen LogP contribution in [0.4, 0.5) is 0 Å². The fourth-order valence-electron chi connectivity index (χ4n) is 2.95. The molecule has 1 N–H and O–H groups in total. The van der Waals surface area contributed by atoms with E-state index in [1.54, 1.807) is 0 Å². The number of carboxylic acid groups (broad SMARTS) is 1. The topological polar surface area (TPSA) is 46.5 Å². The molecule has 3 heteroatoms. The molecule has 1 saturated carbocycles. The van der Waals surface area contributed by atoms with Crippen molar-refractivity contribution in [2.45, 2.75) is 38.5 Å². The summed E-state index contributed by atoms with van der Waals surface area (Å²) in [6, 6.07) is 6.26. The van der Waals surface area contributed by atoms with Crippen molar-refractivity contribution >= 4 is 5.97 Å². The van der Waals surface area contributed by atoms with Gasteiger partial charge < -0.3 is 9.84 Å². The van der Waals surface area contributed by atoms with E-state index < -0.39 is 11.4 Å². The first-order valence-electron chi connectivity index (χ1n) is 6.68. The molecule has 0 saturated heterocycles. The highest BCUT2D eigenvalue weighted by molar-refractivity contribution is 5.75. The average Bonchev–Trinajstić information content (AvgIpc) is 2.74. The van der Waals surface area contributed by atoms with Crippen LogP contribution in [0.25, 0.3) is 0 Å². The summed E-state index contributed by atoms with van der Waals surface area (Å²) >= 11 is 0. The molecular formula is C15H18O3. The summed E-state index contributed by atoms with van der Waals surface area (Å²) in [7, 11) is 0. The Bertz CT molecular complexity index is 475. The molecular weight excluding hydrogens is 228 g/mol. The lowest BCUT2D eigenvalue weighted by molar-refractivity contribution is -0.155. The Hall–Kier alpha value is -1.51. The van der Waals surface area contributed by atoms with Gasteiger partial charge in [-0.2, -0.15) is 0 Å². The third kappa shape index (κ3) is 1.88. The summed E-state index contributed by atoms with van der Waals surface area (Å²) in [5.74, 6) is 0.383. The van der Waals surface area contributed by atoms with Crippen LogP contribution < -0.4 is 4.74 Å². The van der Waals surface area contributed by atoms with Crippen LogP contribution in [0.15, 0.2) is 18.2 Å². The fraction of sp³-hybridized carbons (Fsp3) is 0.533. The molecule has 0 radical (unpaired) electrons. The maximum absolute atomic E-state index is 11.3. The molecule has 96 valence electrons. The van der Waals surface area contributed by atoms with Gasteiger partial charge in [0.05, 0.1) is 12.0 Å². The molecule has 2 aliphatic rings. The maximum atomic E-state index is 11.3. The highest BCUT2D eigenvalue weighted by Crippen LogP contribution is 2.45. The minimum atomic E-state index is -0.613. The van der Waals surface area contributed by atoms with Crippen molar-refractivity contribution in [2.24, 2.45) is 5.41 Å². The second-order valence-corrected chi connectivity index (χ2v) is 5.48. The number of carbonyl (C=O) groups is 1. The van der Waals surface area contributed by atoms with E-state index >= 15 is 0 Å².